The Morgan fingerprint density at radius 2 is 1.83 bits per heavy atom. The van der Waals surface area contributed by atoms with E-state index in [1.807, 2.05) is 12.1 Å². The molecule has 0 saturated heterocycles. The standard InChI is InChI=1S/C23H31N3O.2ClH/c1-3-15-26(4-2)17-18-9-11-20(12-10-18)23(27)25-16-22-21-8-6-5-7-19(21)13-14-24-22;;/h5-12,22,24H,3-4,13-17H2,1-2H3,(H,25,27);2*1H. The molecule has 6 heteroatoms. The maximum atomic E-state index is 12.5. The van der Waals surface area contributed by atoms with Crippen LogP contribution in [0.5, 0.6) is 0 Å². The van der Waals surface area contributed by atoms with Crippen molar-refractivity contribution in [3.05, 3.63) is 70.8 Å². The van der Waals surface area contributed by atoms with Crippen molar-refractivity contribution in [2.75, 3.05) is 26.2 Å². The number of nitrogens with zero attached hydrogens (tertiary/aromatic N) is 1. The molecular weight excluding hydrogens is 405 g/mol. The van der Waals surface area contributed by atoms with Gasteiger partial charge < -0.3 is 10.6 Å². The van der Waals surface area contributed by atoms with Crippen LogP contribution in [0.15, 0.2) is 48.5 Å². The van der Waals surface area contributed by atoms with Gasteiger partial charge in [-0.1, -0.05) is 50.2 Å². The SMILES string of the molecule is CCCN(CC)Cc1ccc(C(=O)NCC2NCCc3ccccc32)cc1.Cl.Cl. The molecule has 4 nitrogen and oxygen atoms in total. The molecule has 1 atom stereocenters. The van der Waals surface area contributed by atoms with Gasteiger partial charge in [-0.3, -0.25) is 9.69 Å². The summed E-state index contributed by atoms with van der Waals surface area (Å²) in [4.78, 5) is 15.0. The largest absolute Gasteiger partial charge is 0.350 e. The number of fused-ring (bicyclic) bond motifs is 1. The first kappa shape index (κ1) is 25.4. The van der Waals surface area contributed by atoms with Crippen LogP contribution in [0.2, 0.25) is 0 Å². The second-order valence-corrected chi connectivity index (χ2v) is 7.23. The van der Waals surface area contributed by atoms with Crippen LogP contribution in [0.4, 0.5) is 0 Å². The van der Waals surface area contributed by atoms with Crippen molar-refractivity contribution in [2.45, 2.75) is 39.3 Å². The lowest BCUT2D eigenvalue weighted by atomic mass is 9.94. The number of hydrogen-bond donors (Lipinski definition) is 2. The first-order chi connectivity index (χ1) is 13.2. The molecule has 0 aromatic heterocycles. The summed E-state index contributed by atoms with van der Waals surface area (Å²) in [5.41, 5.74) is 4.66. The number of halogens is 2. The van der Waals surface area contributed by atoms with Crippen molar-refractivity contribution in [1.82, 2.24) is 15.5 Å². The van der Waals surface area contributed by atoms with E-state index in [0.717, 1.165) is 44.6 Å². The maximum absolute atomic E-state index is 12.5. The highest BCUT2D eigenvalue weighted by Gasteiger charge is 2.19. The summed E-state index contributed by atoms with van der Waals surface area (Å²) in [7, 11) is 0. The molecule has 1 aliphatic heterocycles. The number of hydrogen-bond acceptors (Lipinski definition) is 3. The van der Waals surface area contributed by atoms with Crippen molar-refractivity contribution >= 4 is 30.7 Å². The number of carbonyl (C=O) groups is 1. The summed E-state index contributed by atoms with van der Waals surface area (Å²) in [6.45, 7) is 9.05. The van der Waals surface area contributed by atoms with E-state index in [0.29, 0.717) is 6.54 Å². The zero-order chi connectivity index (χ0) is 19.1. The Hall–Kier alpha value is -1.59. The highest BCUT2D eigenvalue weighted by molar-refractivity contribution is 5.94. The topological polar surface area (TPSA) is 44.4 Å². The van der Waals surface area contributed by atoms with Crippen molar-refractivity contribution in [3.8, 4) is 0 Å². The van der Waals surface area contributed by atoms with Gasteiger partial charge in [-0.25, -0.2) is 0 Å². The fraction of sp³-hybridized carbons (Fsp3) is 0.435. The molecule has 0 aliphatic carbocycles. The van der Waals surface area contributed by atoms with E-state index in [1.165, 1.54) is 16.7 Å². The molecule has 2 aromatic carbocycles. The monoisotopic (exact) mass is 437 g/mol. The van der Waals surface area contributed by atoms with E-state index >= 15 is 0 Å². The zero-order valence-electron chi connectivity index (χ0n) is 17.3. The van der Waals surface area contributed by atoms with Gasteiger partial charge in [0.2, 0.25) is 0 Å². The fourth-order valence-corrected chi connectivity index (χ4v) is 3.76. The molecule has 2 aromatic rings. The van der Waals surface area contributed by atoms with Crippen LogP contribution in [-0.2, 0) is 13.0 Å². The van der Waals surface area contributed by atoms with Crippen LogP contribution in [0.25, 0.3) is 0 Å². The zero-order valence-corrected chi connectivity index (χ0v) is 19.0. The van der Waals surface area contributed by atoms with Crippen molar-refractivity contribution in [3.63, 3.8) is 0 Å². The molecule has 1 amide bonds. The second kappa shape index (κ2) is 12.9. The Bertz CT molecular complexity index is 752. The van der Waals surface area contributed by atoms with E-state index in [-0.39, 0.29) is 36.8 Å². The van der Waals surface area contributed by atoms with Gasteiger partial charge in [-0.05, 0) is 61.3 Å². The quantitative estimate of drug-likeness (QED) is 0.643. The number of rotatable bonds is 8. The summed E-state index contributed by atoms with van der Waals surface area (Å²) >= 11 is 0. The van der Waals surface area contributed by atoms with Gasteiger partial charge >= 0.3 is 0 Å². The fourth-order valence-electron chi connectivity index (χ4n) is 3.76. The molecule has 1 unspecified atom stereocenters. The summed E-state index contributed by atoms with van der Waals surface area (Å²) in [5, 5.41) is 6.60. The molecular formula is C23H33Cl2N3O. The van der Waals surface area contributed by atoms with E-state index in [2.05, 4.69) is 65.8 Å². The molecule has 29 heavy (non-hydrogen) atoms. The normalized spacial score (nSPS) is 15.1. The average molecular weight is 438 g/mol. The van der Waals surface area contributed by atoms with Crippen molar-refractivity contribution < 1.29 is 4.79 Å². The highest BCUT2D eigenvalue weighted by atomic mass is 35.5. The Morgan fingerprint density at radius 3 is 2.52 bits per heavy atom. The highest BCUT2D eigenvalue weighted by Crippen LogP contribution is 2.22. The minimum absolute atomic E-state index is 0. The molecule has 0 fully saturated rings. The summed E-state index contributed by atoms with van der Waals surface area (Å²) in [5.74, 6) is -0.00712. The Morgan fingerprint density at radius 1 is 1.10 bits per heavy atom. The molecule has 0 radical (unpaired) electrons. The second-order valence-electron chi connectivity index (χ2n) is 7.23. The van der Waals surface area contributed by atoms with E-state index in [1.54, 1.807) is 0 Å². The van der Waals surface area contributed by atoms with Crippen LogP contribution in [0.1, 0.15) is 53.4 Å². The molecule has 1 heterocycles. The number of nitrogens with one attached hydrogen (secondary N) is 2. The van der Waals surface area contributed by atoms with Gasteiger partial charge in [0.25, 0.3) is 5.91 Å². The Balaban J connectivity index is 0.00000210. The van der Waals surface area contributed by atoms with Gasteiger partial charge in [0.05, 0.1) is 0 Å². The maximum Gasteiger partial charge on any atom is 0.251 e. The number of amides is 1. The van der Waals surface area contributed by atoms with E-state index < -0.39 is 0 Å². The molecule has 0 saturated carbocycles. The van der Waals surface area contributed by atoms with Gasteiger partial charge in [-0.2, -0.15) is 0 Å². The third-order valence-corrected chi connectivity index (χ3v) is 5.29. The van der Waals surface area contributed by atoms with Crippen LogP contribution in [0.3, 0.4) is 0 Å². The van der Waals surface area contributed by atoms with Gasteiger partial charge in [0, 0.05) is 24.7 Å². The Kier molecular flexibility index (Phi) is 11.3. The average Bonchev–Trinajstić information content (AvgIpc) is 2.72. The first-order valence-electron chi connectivity index (χ1n) is 10.1. The van der Waals surface area contributed by atoms with E-state index in [9.17, 15) is 4.79 Å². The lowest BCUT2D eigenvalue weighted by molar-refractivity contribution is 0.0949. The predicted molar refractivity (Wildman–Crippen MR) is 125 cm³/mol. The van der Waals surface area contributed by atoms with Gasteiger partial charge in [0.1, 0.15) is 0 Å². The summed E-state index contributed by atoms with van der Waals surface area (Å²) in [6.07, 6.45) is 2.21. The first-order valence-corrected chi connectivity index (χ1v) is 10.1. The lowest BCUT2D eigenvalue weighted by Gasteiger charge is -2.27. The molecule has 0 bridgehead atoms. The number of carbonyl (C=O) groups excluding carboxylic acids is 1. The van der Waals surface area contributed by atoms with Crippen molar-refractivity contribution in [2.24, 2.45) is 0 Å². The molecule has 0 spiro atoms. The summed E-state index contributed by atoms with van der Waals surface area (Å²) < 4.78 is 0. The van der Waals surface area contributed by atoms with Crippen LogP contribution in [0, 0.1) is 0 Å². The molecule has 2 N–H and O–H groups in total. The van der Waals surface area contributed by atoms with Crippen LogP contribution in [-0.4, -0.2) is 37.0 Å². The summed E-state index contributed by atoms with van der Waals surface area (Å²) in [6, 6.07) is 16.7. The Labute approximate surface area is 187 Å². The van der Waals surface area contributed by atoms with Crippen molar-refractivity contribution in [1.29, 1.82) is 0 Å². The van der Waals surface area contributed by atoms with Gasteiger partial charge in [0.15, 0.2) is 0 Å². The lowest BCUT2D eigenvalue weighted by Crippen LogP contribution is -2.38. The number of benzene rings is 2. The third-order valence-electron chi connectivity index (χ3n) is 5.29. The third kappa shape index (κ3) is 7.00. The predicted octanol–water partition coefficient (Wildman–Crippen LogP) is 4.38. The molecule has 1 aliphatic rings. The molecule has 160 valence electrons. The smallest absolute Gasteiger partial charge is 0.251 e. The minimum atomic E-state index is -0.00712. The molecule has 3 rings (SSSR count). The minimum Gasteiger partial charge on any atom is -0.350 e. The van der Waals surface area contributed by atoms with E-state index in [4.69, 9.17) is 0 Å². The van der Waals surface area contributed by atoms with Crippen LogP contribution >= 0.6 is 24.8 Å². The van der Waals surface area contributed by atoms with Gasteiger partial charge in [-0.15, -0.1) is 24.8 Å². The van der Waals surface area contributed by atoms with Crippen LogP contribution < -0.4 is 10.6 Å².